The number of para-hydroxylation sites is 1. The van der Waals surface area contributed by atoms with Crippen LogP contribution in [0.15, 0.2) is 24.3 Å². The van der Waals surface area contributed by atoms with E-state index in [1.54, 1.807) is 13.8 Å². The molecule has 2 rings (SSSR count). The van der Waals surface area contributed by atoms with Crippen molar-refractivity contribution in [1.82, 2.24) is 4.90 Å². The molecule has 0 unspecified atom stereocenters. The number of nitrogens with zero attached hydrogens (tertiary/aromatic N) is 1. The van der Waals surface area contributed by atoms with Crippen molar-refractivity contribution in [2.45, 2.75) is 26.4 Å². The molecule has 0 aliphatic carbocycles. The molecule has 0 saturated carbocycles. The number of carboxylic acids is 1. The summed E-state index contributed by atoms with van der Waals surface area (Å²) >= 11 is 0. The molecular weight excluding hydrogens is 242 g/mol. The van der Waals surface area contributed by atoms with Crippen LogP contribution in [0.5, 0.6) is 5.75 Å². The lowest BCUT2D eigenvalue weighted by atomic mass is 9.85. The van der Waals surface area contributed by atoms with E-state index in [1.165, 1.54) is 0 Å². The summed E-state index contributed by atoms with van der Waals surface area (Å²) in [6.45, 7) is 5.33. The van der Waals surface area contributed by atoms with Gasteiger partial charge in [0.2, 0.25) is 0 Å². The topological polar surface area (TPSA) is 49.8 Å². The third kappa shape index (κ3) is 3.26. The van der Waals surface area contributed by atoms with Gasteiger partial charge in [-0.25, -0.2) is 0 Å². The predicted molar refractivity (Wildman–Crippen MR) is 73.5 cm³/mol. The van der Waals surface area contributed by atoms with E-state index >= 15 is 0 Å². The molecule has 0 bridgehead atoms. The Balaban J connectivity index is 2.10. The van der Waals surface area contributed by atoms with E-state index in [9.17, 15) is 9.90 Å². The van der Waals surface area contributed by atoms with Crippen LogP contribution >= 0.6 is 0 Å². The third-order valence-corrected chi connectivity index (χ3v) is 3.51. The molecule has 1 aromatic carbocycles. The summed E-state index contributed by atoms with van der Waals surface area (Å²) in [7, 11) is 2.05. The van der Waals surface area contributed by atoms with Crippen LogP contribution in [-0.4, -0.2) is 42.2 Å². The second-order valence-corrected chi connectivity index (χ2v) is 5.93. The molecule has 19 heavy (non-hydrogen) atoms. The lowest BCUT2D eigenvalue weighted by Crippen LogP contribution is -2.51. The number of likely N-dealkylation sites (N-methyl/N-ethyl adjacent to an activating group) is 1. The first-order chi connectivity index (χ1) is 8.88. The number of benzene rings is 1. The van der Waals surface area contributed by atoms with Gasteiger partial charge in [0.25, 0.3) is 0 Å². The van der Waals surface area contributed by atoms with Crippen LogP contribution in [0.2, 0.25) is 0 Å². The Bertz CT molecular complexity index is 464. The average molecular weight is 263 g/mol. The van der Waals surface area contributed by atoms with Crippen molar-refractivity contribution >= 4 is 5.97 Å². The zero-order chi connectivity index (χ0) is 14.0. The molecule has 1 N–H and O–H groups in total. The van der Waals surface area contributed by atoms with Crippen LogP contribution in [0, 0.1) is 5.41 Å². The fraction of sp³-hybridized carbons (Fsp3) is 0.533. The first kappa shape index (κ1) is 13.9. The Hall–Kier alpha value is -1.55. The molecule has 1 fully saturated rings. The molecule has 0 aromatic heterocycles. The van der Waals surface area contributed by atoms with E-state index in [0.29, 0.717) is 6.42 Å². The highest BCUT2D eigenvalue weighted by Gasteiger charge is 2.30. The van der Waals surface area contributed by atoms with Crippen LogP contribution in [0.3, 0.4) is 0 Å². The van der Waals surface area contributed by atoms with Gasteiger partial charge in [-0.2, -0.15) is 0 Å². The summed E-state index contributed by atoms with van der Waals surface area (Å²) < 4.78 is 5.94. The number of carbonyl (C=O) groups is 1. The number of hydrogen-bond acceptors (Lipinski definition) is 3. The number of rotatable bonds is 5. The van der Waals surface area contributed by atoms with Gasteiger partial charge in [-0.1, -0.05) is 18.2 Å². The molecule has 4 nitrogen and oxygen atoms in total. The average Bonchev–Trinajstić information content (AvgIpc) is 2.29. The number of hydrogen-bond donors (Lipinski definition) is 1. The molecule has 1 heterocycles. The van der Waals surface area contributed by atoms with Gasteiger partial charge in [-0.3, -0.25) is 9.69 Å². The van der Waals surface area contributed by atoms with Crippen molar-refractivity contribution in [3.05, 3.63) is 29.8 Å². The van der Waals surface area contributed by atoms with Gasteiger partial charge < -0.3 is 9.84 Å². The van der Waals surface area contributed by atoms with E-state index in [2.05, 4.69) is 11.9 Å². The molecular formula is C15H21NO3. The molecule has 1 aliphatic heterocycles. The highest BCUT2D eigenvalue weighted by molar-refractivity contribution is 5.74. The first-order valence-electron chi connectivity index (χ1n) is 6.55. The summed E-state index contributed by atoms with van der Waals surface area (Å²) in [5.41, 5.74) is 0.181. The molecule has 0 atom stereocenters. The van der Waals surface area contributed by atoms with Gasteiger partial charge in [-0.15, -0.1) is 0 Å². The Labute approximate surface area is 114 Å². The van der Waals surface area contributed by atoms with Gasteiger partial charge in [0.05, 0.1) is 5.41 Å². The van der Waals surface area contributed by atoms with Crippen LogP contribution in [-0.2, 0) is 11.2 Å². The van der Waals surface area contributed by atoms with Crippen molar-refractivity contribution in [3.63, 3.8) is 0 Å². The van der Waals surface area contributed by atoms with Gasteiger partial charge in [0.1, 0.15) is 11.9 Å². The maximum atomic E-state index is 11.2. The maximum absolute atomic E-state index is 11.2. The summed E-state index contributed by atoms with van der Waals surface area (Å²) in [6.07, 6.45) is 0.695. The maximum Gasteiger partial charge on any atom is 0.309 e. The zero-order valence-corrected chi connectivity index (χ0v) is 11.7. The minimum atomic E-state index is -0.786. The molecule has 104 valence electrons. The molecule has 1 aromatic rings. The number of carboxylic acid groups (broad SMARTS) is 1. The normalized spacial score (nSPS) is 17.0. The minimum absolute atomic E-state index is 0.221. The van der Waals surface area contributed by atoms with Crippen LogP contribution in [0.25, 0.3) is 0 Å². The lowest BCUT2D eigenvalue weighted by molar-refractivity contribution is -0.146. The zero-order valence-electron chi connectivity index (χ0n) is 11.7. The summed E-state index contributed by atoms with van der Waals surface area (Å²) in [4.78, 5) is 13.4. The largest absolute Gasteiger partial charge is 0.487 e. The van der Waals surface area contributed by atoms with Crippen molar-refractivity contribution in [2.75, 3.05) is 20.1 Å². The van der Waals surface area contributed by atoms with E-state index in [0.717, 1.165) is 24.4 Å². The smallest absolute Gasteiger partial charge is 0.309 e. The Morgan fingerprint density at radius 3 is 2.63 bits per heavy atom. The molecule has 1 aliphatic rings. The monoisotopic (exact) mass is 263 g/mol. The molecule has 0 spiro atoms. The fourth-order valence-corrected chi connectivity index (χ4v) is 2.21. The van der Waals surface area contributed by atoms with Gasteiger partial charge in [-0.05, 0) is 38.9 Å². The molecule has 0 radical (unpaired) electrons. The van der Waals surface area contributed by atoms with Crippen molar-refractivity contribution in [2.24, 2.45) is 5.41 Å². The van der Waals surface area contributed by atoms with E-state index in [4.69, 9.17) is 4.74 Å². The van der Waals surface area contributed by atoms with Crippen molar-refractivity contribution in [1.29, 1.82) is 0 Å². The highest BCUT2D eigenvalue weighted by Crippen LogP contribution is 2.29. The van der Waals surface area contributed by atoms with Gasteiger partial charge in [0, 0.05) is 13.1 Å². The van der Waals surface area contributed by atoms with Crippen molar-refractivity contribution in [3.8, 4) is 5.75 Å². The third-order valence-electron chi connectivity index (χ3n) is 3.51. The van der Waals surface area contributed by atoms with Crippen LogP contribution in [0.1, 0.15) is 19.4 Å². The Kier molecular flexibility index (Phi) is 3.80. The number of aliphatic carboxylic acids is 1. The van der Waals surface area contributed by atoms with E-state index < -0.39 is 11.4 Å². The number of ether oxygens (including phenoxy) is 1. The van der Waals surface area contributed by atoms with Gasteiger partial charge >= 0.3 is 5.97 Å². The van der Waals surface area contributed by atoms with E-state index in [1.807, 2.05) is 24.3 Å². The Morgan fingerprint density at radius 2 is 2.05 bits per heavy atom. The second-order valence-electron chi connectivity index (χ2n) is 5.93. The summed E-state index contributed by atoms with van der Waals surface area (Å²) in [5, 5.41) is 9.22. The highest BCUT2D eigenvalue weighted by atomic mass is 16.5. The standard InChI is InChI=1S/C15H21NO3/c1-15(2,14(17)18)8-11-6-4-5-7-13(11)19-12-9-16(3)10-12/h4-7,12H,8-10H2,1-3H3,(H,17,18). The van der Waals surface area contributed by atoms with Crippen LogP contribution in [0.4, 0.5) is 0 Å². The quantitative estimate of drug-likeness (QED) is 0.883. The summed E-state index contributed by atoms with van der Waals surface area (Å²) in [5.74, 6) is 0.0283. The summed E-state index contributed by atoms with van der Waals surface area (Å²) in [6, 6.07) is 7.72. The predicted octanol–water partition coefficient (Wildman–Crippen LogP) is 2.03. The fourth-order valence-electron chi connectivity index (χ4n) is 2.21. The minimum Gasteiger partial charge on any atom is -0.487 e. The first-order valence-corrected chi connectivity index (χ1v) is 6.55. The molecule has 0 amide bonds. The molecule has 1 saturated heterocycles. The van der Waals surface area contributed by atoms with Gasteiger partial charge in [0.15, 0.2) is 0 Å². The molecule has 4 heteroatoms. The SMILES string of the molecule is CN1CC(Oc2ccccc2CC(C)(C)C(=O)O)C1. The van der Waals surface area contributed by atoms with Crippen molar-refractivity contribution < 1.29 is 14.6 Å². The Morgan fingerprint density at radius 1 is 1.42 bits per heavy atom. The second kappa shape index (κ2) is 5.21. The van der Waals surface area contributed by atoms with E-state index in [-0.39, 0.29) is 6.10 Å². The lowest BCUT2D eigenvalue weighted by Gasteiger charge is -2.36. The number of likely N-dealkylation sites (tertiary alicyclic amines) is 1. The van der Waals surface area contributed by atoms with Crippen LogP contribution < -0.4 is 4.74 Å².